The van der Waals surface area contributed by atoms with Gasteiger partial charge < -0.3 is 25.3 Å². The van der Waals surface area contributed by atoms with Crippen LogP contribution in [0.3, 0.4) is 0 Å². The number of rotatable bonds is 16. The third kappa shape index (κ3) is 8.73. The van der Waals surface area contributed by atoms with Crippen LogP contribution >= 0.6 is 0 Å². The molecule has 1 unspecified atom stereocenters. The summed E-state index contributed by atoms with van der Waals surface area (Å²) in [5.41, 5.74) is 2.67. The summed E-state index contributed by atoms with van der Waals surface area (Å²) in [7, 11) is -2.99. The number of aliphatic hydroxyl groups is 4. The molecule has 0 radical (unpaired) electrons. The van der Waals surface area contributed by atoms with E-state index in [0.717, 1.165) is 35.2 Å². The number of halogens is 1. The Morgan fingerprint density at radius 3 is 2.07 bits per heavy atom. The molecule has 4 rings (SSSR count). The molecule has 0 spiro atoms. The largest absolute Gasteiger partial charge is 0.393 e. The highest BCUT2D eigenvalue weighted by atomic mass is 32.2. The van der Waals surface area contributed by atoms with Crippen molar-refractivity contribution in [3.05, 3.63) is 101 Å². The van der Waals surface area contributed by atoms with Crippen molar-refractivity contribution < 1.29 is 38.0 Å². The van der Waals surface area contributed by atoms with E-state index in [1.165, 1.54) is 18.4 Å². The van der Waals surface area contributed by atoms with Gasteiger partial charge in [0, 0.05) is 17.7 Å². The summed E-state index contributed by atoms with van der Waals surface area (Å²) in [4.78, 5) is 15.3. The monoisotopic (exact) mass is 627 g/mol. The molecule has 8 nitrogen and oxygen atoms in total. The SMILES string of the molecule is CS(=O)(=O)CCCCc1ccc(N2C(=O)C(CC[C@H](O)c3ccc(F)cc3)[C@H]2c2ccc(CCC(O)(CO)CO)cc2)cc1. The van der Waals surface area contributed by atoms with Crippen LogP contribution in [0.25, 0.3) is 0 Å². The first-order chi connectivity index (χ1) is 20.9. The van der Waals surface area contributed by atoms with Gasteiger partial charge in [0.1, 0.15) is 21.3 Å². The maximum atomic E-state index is 13.5. The molecule has 1 heterocycles. The zero-order valence-electron chi connectivity index (χ0n) is 25.0. The van der Waals surface area contributed by atoms with Crippen molar-refractivity contribution in [2.24, 2.45) is 5.92 Å². The summed E-state index contributed by atoms with van der Waals surface area (Å²) >= 11 is 0. The van der Waals surface area contributed by atoms with E-state index in [2.05, 4.69) is 0 Å². The number of carbonyl (C=O) groups is 1. The zero-order valence-corrected chi connectivity index (χ0v) is 25.8. The van der Waals surface area contributed by atoms with Gasteiger partial charge in [-0.15, -0.1) is 0 Å². The molecular formula is C34H42FNO7S. The summed E-state index contributed by atoms with van der Waals surface area (Å²) in [6.45, 7) is -1.07. The number of amides is 1. The minimum Gasteiger partial charge on any atom is -0.393 e. The number of β-lactam (4-membered cyclic amide) rings is 1. The average molecular weight is 628 g/mol. The molecule has 1 amide bonds. The van der Waals surface area contributed by atoms with E-state index in [-0.39, 0.29) is 35.9 Å². The molecule has 0 aliphatic carbocycles. The van der Waals surface area contributed by atoms with Gasteiger partial charge in [0.2, 0.25) is 5.91 Å². The highest BCUT2D eigenvalue weighted by Crippen LogP contribution is 2.46. The Hall–Kier alpha value is -3.15. The standard InChI is InChI=1S/C34H42FNO7S/c1-44(42,43)21-3-2-4-24-7-15-29(16-8-24)36-32(27-9-5-25(6-10-27)19-20-34(41,22-37)23-38)30(33(36)40)17-18-31(39)26-11-13-28(35)14-12-26/h5-16,30-32,37-39,41H,2-4,17-23H2,1H3/t30?,31-,32+/m0/s1. The number of carbonyl (C=O) groups excluding carboxylic acids is 1. The Balaban J connectivity index is 1.49. The molecule has 3 atom stereocenters. The van der Waals surface area contributed by atoms with Crippen molar-refractivity contribution in [3.8, 4) is 0 Å². The number of hydrogen-bond acceptors (Lipinski definition) is 7. The maximum Gasteiger partial charge on any atom is 0.233 e. The van der Waals surface area contributed by atoms with Crippen LogP contribution in [0.15, 0.2) is 72.8 Å². The summed E-state index contributed by atoms with van der Waals surface area (Å²) in [5, 5.41) is 39.7. The molecule has 3 aromatic rings. The van der Waals surface area contributed by atoms with Crippen LogP contribution in [0.5, 0.6) is 0 Å². The maximum absolute atomic E-state index is 13.5. The number of hydrogen-bond donors (Lipinski definition) is 4. The van der Waals surface area contributed by atoms with E-state index in [1.807, 2.05) is 48.5 Å². The van der Waals surface area contributed by atoms with E-state index in [4.69, 9.17) is 0 Å². The molecule has 1 fully saturated rings. The molecule has 44 heavy (non-hydrogen) atoms. The third-order valence-electron chi connectivity index (χ3n) is 8.45. The highest BCUT2D eigenvalue weighted by Gasteiger charge is 2.48. The third-order valence-corrected chi connectivity index (χ3v) is 9.48. The molecule has 0 saturated carbocycles. The lowest BCUT2D eigenvalue weighted by Gasteiger charge is -2.48. The van der Waals surface area contributed by atoms with Gasteiger partial charge in [-0.2, -0.15) is 0 Å². The number of aryl methyl sites for hydroxylation is 2. The summed E-state index contributed by atoms with van der Waals surface area (Å²) in [6, 6.07) is 20.8. The van der Waals surface area contributed by atoms with Gasteiger partial charge in [-0.05, 0) is 91.5 Å². The first-order valence-electron chi connectivity index (χ1n) is 15.0. The Labute approximate surface area is 258 Å². The van der Waals surface area contributed by atoms with Gasteiger partial charge >= 0.3 is 0 Å². The topological polar surface area (TPSA) is 135 Å². The average Bonchev–Trinajstić information content (AvgIpc) is 3.01. The van der Waals surface area contributed by atoms with Gasteiger partial charge in [0.05, 0.1) is 31.3 Å². The molecule has 1 aliphatic rings. The summed E-state index contributed by atoms with van der Waals surface area (Å²) < 4.78 is 36.1. The number of anilines is 1. The number of benzene rings is 3. The van der Waals surface area contributed by atoms with Crippen LogP contribution in [0, 0.1) is 11.7 Å². The Kier molecular flexibility index (Phi) is 11.3. The van der Waals surface area contributed by atoms with Crippen LogP contribution in [0.2, 0.25) is 0 Å². The van der Waals surface area contributed by atoms with E-state index in [1.54, 1.807) is 17.0 Å². The molecule has 0 bridgehead atoms. The van der Waals surface area contributed by atoms with Crippen molar-refractivity contribution in [1.82, 2.24) is 0 Å². The number of sulfone groups is 1. The molecule has 238 valence electrons. The van der Waals surface area contributed by atoms with Gasteiger partial charge in [-0.25, -0.2) is 12.8 Å². The molecule has 10 heteroatoms. The molecule has 1 saturated heterocycles. The molecule has 1 aliphatic heterocycles. The zero-order chi connectivity index (χ0) is 31.9. The fraction of sp³-hybridized carbons (Fsp3) is 0.441. The first kappa shape index (κ1) is 33.7. The fourth-order valence-electron chi connectivity index (χ4n) is 5.67. The molecule has 4 N–H and O–H groups in total. The highest BCUT2D eigenvalue weighted by molar-refractivity contribution is 7.90. The second-order valence-corrected chi connectivity index (χ2v) is 14.2. The van der Waals surface area contributed by atoms with Gasteiger partial charge in [-0.1, -0.05) is 48.5 Å². The minimum absolute atomic E-state index is 0.0535. The van der Waals surface area contributed by atoms with Crippen molar-refractivity contribution >= 4 is 21.4 Å². The lowest BCUT2D eigenvalue weighted by atomic mass is 9.78. The fourth-order valence-corrected chi connectivity index (χ4v) is 6.40. The Morgan fingerprint density at radius 1 is 0.886 bits per heavy atom. The predicted octanol–water partition coefficient (Wildman–Crippen LogP) is 4.06. The van der Waals surface area contributed by atoms with E-state index >= 15 is 0 Å². The van der Waals surface area contributed by atoms with E-state index < -0.39 is 34.8 Å². The predicted molar refractivity (Wildman–Crippen MR) is 167 cm³/mol. The molecular weight excluding hydrogens is 585 g/mol. The minimum atomic E-state index is -2.99. The van der Waals surface area contributed by atoms with Crippen molar-refractivity contribution in [3.63, 3.8) is 0 Å². The number of aliphatic hydroxyl groups excluding tert-OH is 3. The van der Waals surface area contributed by atoms with Gasteiger partial charge in [0.25, 0.3) is 0 Å². The van der Waals surface area contributed by atoms with E-state index in [0.29, 0.717) is 31.2 Å². The first-order valence-corrected chi connectivity index (χ1v) is 17.1. The normalized spacial score (nSPS) is 17.9. The Morgan fingerprint density at radius 2 is 1.48 bits per heavy atom. The second-order valence-electron chi connectivity index (χ2n) is 11.9. The van der Waals surface area contributed by atoms with Crippen molar-refractivity contribution in [2.45, 2.75) is 62.7 Å². The summed E-state index contributed by atoms with van der Waals surface area (Å²) in [6.07, 6.45) is 3.88. The van der Waals surface area contributed by atoms with E-state index in [9.17, 15) is 38.0 Å². The second kappa shape index (κ2) is 14.8. The van der Waals surface area contributed by atoms with Crippen molar-refractivity contribution in [1.29, 1.82) is 0 Å². The van der Waals surface area contributed by atoms with Gasteiger partial charge in [-0.3, -0.25) is 4.79 Å². The van der Waals surface area contributed by atoms with Crippen LogP contribution < -0.4 is 4.90 Å². The van der Waals surface area contributed by atoms with Crippen LogP contribution in [0.1, 0.15) is 66.5 Å². The smallest absolute Gasteiger partial charge is 0.233 e. The number of unbranched alkanes of at least 4 members (excludes halogenated alkanes) is 1. The summed E-state index contributed by atoms with van der Waals surface area (Å²) in [5.74, 6) is -0.649. The quantitative estimate of drug-likeness (QED) is 0.139. The Bertz CT molecular complexity index is 1470. The molecule has 3 aromatic carbocycles. The molecule has 0 aromatic heterocycles. The van der Waals surface area contributed by atoms with Crippen LogP contribution in [-0.4, -0.2) is 65.6 Å². The van der Waals surface area contributed by atoms with Crippen molar-refractivity contribution in [2.75, 3.05) is 30.1 Å². The van der Waals surface area contributed by atoms with Crippen LogP contribution in [-0.2, 0) is 27.5 Å². The lowest BCUT2D eigenvalue weighted by molar-refractivity contribution is -0.131. The number of nitrogens with zero attached hydrogens (tertiary/aromatic N) is 1. The van der Waals surface area contributed by atoms with Crippen LogP contribution in [0.4, 0.5) is 10.1 Å². The van der Waals surface area contributed by atoms with Gasteiger partial charge in [0.15, 0.2) is 0 Å². The lowest BCUT2D eigenvalue weighted by Crippen LogP contribution is -2.55.